The van der Waals surface area contributed by atoms with E-state index in [1.807, 2.05) is 36.4 Å². The molecule has 1 heterocycles. The lowest BCUT2D eigenvalue weighted by molar-refractivity contribution is -0.170. The quantitative estimate of drug-likeness (QED) is 0.189. The average molecular weight is 592 g/mol. The van der Waals surface area contributed by atoms with Gasteiger partial charge >= 0.3 is 23.6 Å². The van der Waals surface area contributed by atoms with Crippen LogP contribution in [0.15, 0.2) is 41.2 Å². The standard InChI is InChI=1S/C22H29N3O4.C6H8O7/c1-15(26)12-25(14-17-7-9-20(28-4)21(11-17)29-5)13-16-6-8-18-19(10-16)24(3)22(27)23(18)2;7-3(8)1-6(13,5(11)12)2-4(9)10/h6-11,15,26H,12-14H2,1-5H3;13H,1-2H2,(H,7,8)(H,9,10)(H,11,12). The summed E-state index contributed by atoms with van der Waals surface area (Å²) in [7, 11) is 6.80. The minimum atomic E-state index is -2.74. The number of hydrogen-bond donors (Lipinski definition) is 5. The van der Waals surface area contributed by atoms with E-state index in [2.05, 4.69) is 4.90 Å². The van der Waals surface area contributed by atoms with Crippen LogP contribution in [0, 0.1) is 0 Å². The maximum atomic E-state index is 12.2. The van der Waals surface area contributed by atoms with Crippen LogP contribution >= 0.6 is 0 Å². The van der Waals surface area contributed by atoms with Crippen molar-refractivity contribution in [2.45, 2.75) is 44.6 Å². The number of fused-ring (bicyclic) bond motifs is 1. The maximum Gasteiger partial charge on any atom is 0.336 e. The first-order chi connectivity index (χ1) is 19.6. The molecule has 0 saturated heterocycles. The van der Waals surface area contributed by atoms with Gasteiger partial charge in [-0.25, -0.2) is 9.59 Å². The molecule has 5 N–H and O–H groups in total. The Morgan fingerprint density at radius 1 is 0.857 bits per heavy atom. The number of hydrogen-bond acceptors (Lipinski definition) is 9. The smallest absolute Gasteiger partial charge is 0.336 e. The van der Waals surface area contributed by atoms with Crippen molar-refractivity contribution < 1.29 is 49.4 Å². The molecule has 0 radical (unpaired) electrons. The van der Waals surface area contributed by atoms with E-state index in [1.165, 1.54) is 0 Å². The van der Waals surface area contributed by atoms with E-state index in [4.69, 9.17) is 29.9 Å². The summed E-state index contributed by atoms with van der Waals surface area (Å²) in [5.41, 5.74) is 1.18. The second-order valence-electron chi connectivity index (χ2n) is 9.91. The van der Waals surface area contributed by atoms with Gasteiger partial charge in [0.05, 0.1) is 44.2 Å². The van der Waals surface area contributed by atoms with E-state index in [1.54, 1.807) is 44.4 Å². The minimum absolute atomic E-state index is 0.0386. The molecule has 2 aromatic carbocycles. The molecule has 0 saturated carbocycles. The first kappa shape index (κ1) is 33.8. The van der Waals surface area contributed by atoms with Crippen LogP contribution in [0.5, 0.6) is 11.5 Å². The van der Waals surface area contributed by atoms with Crippen LogP contribution < -0.4 is 15.2 Å². The van der Waals surface area contributed by atoms with Crippen LogP contribution in [-0.2, 0) is 41.6 Å². The van der Waals surface area contributed by atoms with Crippen molar-refractivity contribution in [3.05, 3.63) is 58.0 Å². The molecule has 0 aliphatic heterocycles. The van der Waals surface area contributed by atoms with Gasteiger partial charge in [-0.3, -0.25) is 23.6 Å². The van der Waals surface area contributed by atoms with Gasteiger partial charge in [0.15, 0.2) is 17.1 Å². The Hall–Kier alpha value is -4.40. The highest BCUT2D eigenvalue weighted by molar-refractivity contribution is 5.88. The Labute approximate surface area is 241 Å². The molecule has 0 aliphatic rings. The van der Waals surface area contributed by atoms with Gasteiger partial charge in [0.25, 0.3) is 0 Å². The molecular formula is C28H37N3O11. The van der Waals surface area contributed by atoms with Gasteiger partial charge in [0.1, 0.15) is 0 Å². The molecule has 1 aromatic heterocycles. The second kappa shape index (κ2) is 14.5. The lowest BCUT2D eigenvalue weighted by atomic mass is 9.96. The number of aryl methyl sites for hydroxylation is 2. The highest BCUT2D eigenvalue weighted by atomic mass is 16.5. The molecule has 0 fully saturated rings. The van der Waals surface area contributed by atoms with Crippen molar-refractivity contribution in [1.82, 2.24) is 14.0 Å². The van der Waals surface area contributed by atoms with Gasteiger partial charge in [-0.15, -0.1) is 0 Å². The number of aliphatic hydroxyl groups excluding tert-OH is 1. The average Bonchev–Trinajstić information content (AvgIpc) is 3.11. The number of ether oxygens (including phenoxy) is 2. The summed E-state index contributed by atoms with van der Waals surface area (Å²) in [6.07, 6.45) is -2.75. The zero-order valence-electron chi connectivity index (χ0n) is 24.1. The van der Waals surface area contributed by atoms with Crippen molar-refractivity contribution in [3.63, 3.8) is 0 Å². The number of nitrogens with zero attached hydrogens (tertiary/aromatic N) is 3. The fraction of sp³-hybridized carbons (Fsp3) is 0.429. The number of carboxylic acid groups (broad SMARTS) is 3. The number of methoxy groups -OCH3 is 2. The number of imidazole rings is 1. The monoisotopic (exact) mass is 591 g/mol. The molecule has 14 nitrogen and oxygen atoms in total. The third-order valence-electron chi connectivity index (χ3n) is 6.40. The number of carboxylic acids is 3. The van der Waals surface area contributed by atoms with Gasteiger partial charge in [-0.1, -0.05) is 12.1 Å². The molecule has 3 aromatic rings. The Kier molecular flexibility index (Phi) is 11.7. The molecule has 1 atom stereocenters. The summed E-state index contributed by atoms with van der Waals surface area (Å²) < 4.78 is 14.0. The summed E-state index contributed by atoms with van der Waals surface area (Å²) in [4.78, 5) is 44.8. The molecule has 0 amide bonds. The van der Waals surface area contributed by atoms with Crippen molar-refractivity contribution in [3.8, 4) is 11.5 Å². The fourth-order valence-electron chi connectivity index (χ4n) is 4.42. The predicted octanol–water partition coefficient (Wildman–Crippen LogP) is 1.03. The first-order valence-corrected chi connectivity index (χ1v) is 12.8. The topological polar surface area (TPSA) is 201 Å². The third kappa shape index (κ3) is 8.80. The molecule has 230 valence electrons. The van der Waals surface area contributed by atoms with Crippen molar-refractivity contribution >= 4 is 28.9 Å². The maximum absolute atomic E-state index is 12.2. The van der Waals surface area contributed by atoms with Gasteiger partial charge < -0.3 is 35.0 Å². The number of aliphatic carboxylic acids is 3. The Morgan fingerprint density at radius 3 is 1.83 bits per heavy atom. The third-order valence-corrected chi connectivity index (χ3v) is 6.40. The molecule has 42 heavy (non-hydrogen) atoms. The normalized spacial score (nSPS) is 12.0. The molecule has 14 heteroatoms. The largest absolute Gasteiger partial charge is 0.493 e. The lowest BCUT2D eigenvalue weighted by Crippen LogP contribution is -2.42. The predicted molar refractivity (Wildman–Crippen MR) is 151 cm³/mol. The fourth-order valence-corrected chi connectivity index (χ4v) is 4.42. The van der Waals surface area contributed by atoms with Gasteiger partial charge in [-0.05, 0) is 42.3 Å². The summed E-state index contributed by atoms with van der Waals surface area (Å²) in [5.74, 6) is -3.65. The van der Waals surface area contributed by atoms with Crippen LogP contribution in [0.3, 0.4) is 0 Å². The van der Waals surface area contributed by atoms with E-state index in [0.29, 0.717) is 31.1 Å². The Bertz CT molecular complexity index is 1460. The number of aromatic nitrogens is 2. The van der Waals surface area contributed by atoms with E-state index < -0.39 is 42.5 Å². The molecule has 0 aliphatic carbocycles. The number of aliphatic hydroxyl groups is 2. The number of benzene rings is 2. The van der Waals surface area contributed by atoms with Crippen LogP contribution in [0.1, 0.15) is 30.9 Å². The SMILES string of the molecule is COc1ccc(CN(Cc2ccc3c(c2)n(C)c(=O)n3C)CC(C)O)cc1OC.O=C(O)CC(O)(CC(=O)O)C(=O)O. The van der Waals surface area contributed by atoms with E-state index >= 15 is 0 Å². The summed E-state index contributed by atoms with van der Waals surface area (Å²) >= 11 is 0. The molecule has 0 bridgehead atoms. The highest BCUT2D eigenvalue weighted by Crippen LogP contribution is 2.28. The summed E-state index contributed by atoms with van der Waals surface area (Å²) in [6.45, 7) is 3.61. The molecule has 0 spiro atoms. The molecule has 1 unspecified atom stereocenters. The highest BCUT2D eigenvalue weighted by Gasteiger charge is 2.40. The zero-order chi connectivity index (χ0) is 31.8. The van der Waals surface area contributed by atoms with Gasteiger partial charge in [0.2, 0.25) is 0 Å². The van der Waals surface area contributed by atoms with E-state index in [9.17, 15) is 24.3 Å². The van der Waals surface area contributed by atoms with Crippen LogP contribution in [-0.4, -0.2) is 89.9 Å². The van der Waals surface area contributed by atoms with Crippen molar-refractivity contribution in [2.75, 3.05) is 20.8 Å². The Morgan fingerprint density at radius 2 is 1.36 bits per heavy atom. The zero-order valence-corrected chi connectivity index (χ0v) is 24.1. The van der Waals surface area contributed by atoms with E-state index in [0.717, 1.165) is 22.2 Å². The Balaban J connectivity index is 0.000000401. The van der Waals surface area contributed by atoms with Crippen LogP contribution in [0.25, 0.3) is 11.0 Å². The minimum Gasteiger partial charge on any atom is -0.493 e. The molecule has 3 rings (SSSR count). The number of carbonyl (C=O) groups is 3. The van der Waals surface area contributed by atoms with Crippen LogP contribution in [0.2, 0.25) is 0 Å². The number of rotatable bonds is 13. The van der Waals surface area contributed by atoms with Crippen molar-refractivity contribution in [1.29, 1.82) is 0 Å². The van der Waals surface area contributed by atoms with E-state index in [-0.39, 0.29) is 5.69 Å². The molecular weight excluding hydrogens is 554 g/mol. The lowest BCUT2D eigenvalue weighted by Gasteiger charge is -2.24. The van der Waals surface area contributed by atoms with Crippen LogP contribution in [0.4, 0.5) is 0 Å². The van der Waals surface area contributed by atoms with Gasteiger partial charge in [0, 0.05) is 33.7 Å². The first-order valence-electron chi connectivity index (χ1n) is 12.8. The summed E-state index contributed by atoms with van der Waals surface area (Å²) in [6, 6.07) is 11.9. The van der Waals surface area contributed by atoms with Crippen molar-refractivity contribution in [2.24, 2.45) is 14.1 Å². The summed E-state index contributed by atoms with van der Waals surface area (Å²) in [5, 5.41) is 43.8. The second-order valence-corrected chi connectivity index (χ2v) is 9.91. The van der Waals surface area contributed by atoms with Gasteiger partial charge in [-0.2, -0.15) is 0 Å².